The normalized spacial score (nSPS) is 12.5. The van der Waals surface area contributed by atoms with Gasteiger partial charge in [-0.15, -0.1) is 0 Å². The molecule has 0 spiro atoms. The summed E-state index contributed by atoms with van der Waals surface area (Å²) in [6, 6.07) is 0. The van der Waals surface area contributed by atoms with Crippen molar-refractivity contribution in [1.82, 2.24) is 0 Å². The Labute approximate surface area is 78.2 Å². The standard InChI is InChI=1S/C9H16O4/c1-3-5-6-13-9(12-4-2)8(11)7-10/h7,9H,3-6H2,1-2H3. The van der Waals surface area contributed by atoms with Crippen molar-refractivity contribution in [2.45, 2.75) is 33.0 Å². The number of carbonyl (C=O) groups excluding carboxylic acids is 2. The van der Waals surface area contributed by atoms with Crippen LogP contribution in [0.15, 0.2) is 0 Å². The van der Waals surface area contributed by atoms with Crippen LogP contribution >= 0.6 is 0 Å². The lowest BCUT2D eigenvalue weighted by Crippen LogP contribution is -2.28. The highest BCUT2D eigenvalue weighted by Gasteiger charge is 2.17. The molecule has 0 aliphatic carbocycles. The van der Waals surface area contributed by atoms with Gasteiger partial charge in [0, 0.05) is 6.61 Å². The van der Waals surface area contributed by atoms with Crippen LogP contribution in [0.3, 0.4) is 0 Å². The van der Waals surface area contributed by atoms with Crippen LogP contribution in [-0.2, 0) is 19.1 Å². The summed E-state index contributed by atoms with van der Waals surface area (Å²) >= 11 is 0. The Morgan fingerprint density at radius 3 is 2.54 bits per heavy atom. The minimum atomic E-state index is -1.01. The second-order valence-electron chi connectivity index (χ2n) is 2.53. The molecule has 13 heavy (non-hydrogen) atoms. The first-order valence-electron chi connectivity index (χ1n) is 4.48. The number of carbonyl (C=O) groups is 2. The Kier molecular flexibility index (Phi) is 7.44. The van der Waals surface area contributed by atoms with Gasteiger partial charge in [0.25, 0.3) is 5.78 Å². The zero-order valence-electron chi connectivity index (χ0n) is 8.12. The van der Waals surface area contributed by atoms with Gasteiger partial charge in [0.15, 0.2) is 6.29 Å². The summed E-state index contributed by atoms with van der Waals surface area (Å²) in [4.78, 5) is 21.0. The van der Waals surface area contributed by atoms with Gasteiger partial charge in [-0.25, -0.2) is 0 Å². The molecule has 0 heterocycles. The zero-order chi connectivity index (χ0) is 10.1. The molecule has 0 aromatic rings. The van der Waals surface area contributed by atoms with Crippen molar-refractivity contribution in [2.75, 3.05) is 13.2 Å². The van der Waals surface area contributed by atoms with E-state index in [1.54, 1.807) is 6.92 Å². The number of ether oxygens (including phenoxy) is 2. The third kappa shape index (κ3) is 5.49. The first-order valence-corrected chi connectivity index (χ1v) is 4.48. The van der Waals surface area contributed by atoms with E-state index in [0.717, 1.165) is 12.8 Å². The Bertz CT molecular complexity index is 156. The van der Waals surface area contributed by atoms with Crippen LogP contribution in [0.5, 0.6) is 0 Å². The number of hydrogen-bond acceptors (Lipinski definition) is 4. The molecule has 0 aromatic heterocycles. The van der Waals surface area contributed by atoms with E-state index in [1.165, 1.54) is 0 Å². The molecule has 0 radical (unpaired) electrons. The number of hydrogen-bond donors (Lipinski definition) is 0. The first-order chi connectivity index (χ1) is 6.26. The summed E-state index contributed by atoms with van der Waals surface area (Å²) in [5.74, 6) is -0.655. The molecule has 4 heteroatoms. The predicted octanol–water partition coefficient (Wildman–Crippen LogP) is 0.934. The number of rotatable bonds is 8. The van der Waals surface area contributed by atoms with E-state index >= 15 is 0 Å². The summed E-state index contributed by atoms with van der Waals surface area (Å²) in [5, 5.41) is 0. The molecule has 0 N–H and O–H groups in total. The van der Waals surface area contributed by atoms with Crippen LogP contribution < -0.4 is 0 Å². The molecule has 0 aromatic carbocycles. The Morgan fingerprint density at radius 2 is 2.08 bits per heavy atom. The lowest BCUT2D eigenvalue weighted by atomic mass is 10.3. The van der Waals surface area contributed by atoms with Gasteiger partial charge in [-0.3, -0.25) is 9.59 Å². The number of aldehydes is 1. The van der Waals surface area contributed by atoms with Crippen molar-refractivity contribution in [1.29, 1.82) is 0 Å². The maximum atomic E-state index is 10.9. The van der Waals surface area contributed by atoms with Gasteiger partial charge in [-0.05, 0) is 13.3 Å². The maximum Gasteiger partial charge on any atom is 0.251 e. The molecule has 1 atom stereocenters. The maximum absolute atomic E-state index is 10.9. The van der Waals surface area contributed by atoms with Gasteiger partial charge in [0.2, 0.25) is 6.29 Å². The third-order valence-electron chi connectivity index (χ3n) is 1.43. The largest absolute Gasteiger partial charge is 0.346 e. The summed E-state index contributed by atoms with van der Waals surface area (Å²) in [6.45, 7) is 4.56. The SMILES string of the molecule is CCCCOC(OCC)C(=O)C=O. The Morgan fingerprint density at radius 1 is 1.38 bits per heavy atom. The topological polar surface area (TPSA) is 52.6 Å². The van der Waals surface area contributed by atoms with E-state index in [4.69, 9.17) is 9.47 Å². The minimum absolute atomic E-state index is 0.228. The fourth-order valence-electron chi connectivity index (χ4n) is 0.754. The third-order valence-corrected chi connectivity index (χ3v) is 1.43. The summed E-state index contributed by atoms with van der Waals surface area (Å²) in [5.41, 5.74) is 0. The molecule has 0 amide bonds. The molecule has 1 unspecified atom stereocenters. The highest BCUT2D eigenvalue weighted by molar-refractivity contribution is 6.26. The summed E-state index contributed by atoms with van der Waals surface area (Å²) in [7, 11) is 0. The molecule has 4 nitrogen and oxygen atoms in total. The van der Waals surface area contributed by atoms with Crippen molar-refractivity contribution >= 4 is 12.1 Å². The van der Waals surface area contributed by atoms with E-state index < -0.39 is 12.1 Å². The smallest absolute Gasteiger partial charge is 0.251 e. The van der Waals surface area contributed by atoms with Crippen molar-refractivity contribution in [3.05, 3.63) is 0 Å². The highest BCUT2D eigenvalue weighted by Crippen LogP contribution is 1.98. The molecular weight excluding hydrogens is 172 g/mol. The number of ketones is 1. The van der Waals surface area contributed by atoms with E-state index in [-0.39, 0.29) is 6.29 Å². The predicted molar refractivity (Wildman–Crippen MR) is 47.3 cm³/mol. The van der Waals surface area contributed by atoms with Crippen LogP contribution in [0.2, 0.25) is 0 Å². The second-order valence-corrected chi connectivity index (χ2v) is 2.53. The van der Waals surface area contributed by atoms with Crippen LogP contribution in [0, 0.1) is 0 Å². The average Bonchev–Trinajstić information content (AvgIpc) is 2.16. The molecule has 0 bridgehead atoms. The van der Waals surface area contributed by atoms with Crippen molar-refractivity contribution in [3.63, 3.8) is 0 Å². The molecule has 76 valence electrons. The number of unbranched alkanes of at least 4 members (excludes halogenated alkanes) is 1. The highest BCUT2D eigenvalue weighted by atomic mass is 16.7. The van der Waals surface area contributed by atoms with Gasteiger partial charge in [0.1, 0.15) is 0 Å². The molecular formula is C9H16O4. The minimum Gasteiger partial charge on any atom is -0.346 e. The lowest BCUT2D eigenvalue weighted by molar-refractivity contribution is -0.169. The van der Waals surface area contributed by atoms with Gasteiger partial charge < -0.3 is 9.47 Å². The first kappa shape index (κ1) is 12.3. The quantitative estimate of drug-likeness (QED) is 0.246. The van der Waals surface area contributed by atoms with E-state index in [2.05, 4.69) is 0 Å². The second kappa shape index (κ2) is 7.89. The van der Waals surface area contributed by atoms with Gasteiger partial charge in [-0.1, -0.05) is 13.3 Å². The van der Waals surface area contributed by atoms with E-state index in [9.17, 15) is 9.59 Å². The molecule has 0 fully saturated rings. The molecule has 0 aliphatic rings. The van der Waals surface area contributed by atoms with Gasteiger partial charge >= 0.3 is 0 Å². The molecule has 0 saturated carbocycles. The summed E-state index contributed by atoms with van der Waals surface area (Å²) in [6.07, 6.45) is 1.06. The zero-order valence-corrected chi connectivity index (χ0v) is 8.12. The molecule has 0 saturated heterocycles. The fourth-order valence-corrected chi connectivity index (χ4v) is 0.754. The monoisotopic (exact) mass is 188 g/mol. The van der Waals surface area contributed by atoms with Crippen LogP contribution in [-0.4, -0.2) is 31.6 Å². The van der Waals surface area contributed by atoms with Gasteiger partial charge in [0.05, 0.1) is 6.61 Å². The lowest BCUT2D eigenvalue weighted by Gasteiger charge is -2.13. The van der Waals surface area contributed by atoms with Crippen LogP contribution in [0.25, 0.3) is 0 Å². The van der Waals surface area contributed by atoms with Crippen molar-refractivity contribution in [2.24, 2.45) is 0 Å². The van der Waals surface area contributed by atoms with Crippen LogP contribution in [0.1, 0.15) is 26.7 Å². The van der Waals surface area contributed by atoms with Crippen molar-refractivity contribution in [3.8, 4) is 0 Å². The Balaban J connectivity index is 3.79. The molecule has 0 aliphatic heterocycles. The molecule has 0 rings (SSSR count). The van der Waals surface area contributed by atoms with E-state index in [1.807, 2.05) is 6.92 Å². The summed E-state index contributed by atoms with van der Waals surface area (Å²) < 4.78 is 10.0. The Hall–Kier alpha value is -0.740. The van der Waals surface area contributed by atoms with E-state index in [0.29, 0.717) is 13.2 Å². The van der Waals surface area contributed by atoms with Gasteiger partial charge in [-0.2, -0.15) is 0 Å². The fraction of sp³-hybridized carbons (Fsp3) is 0.778. The van der Waals surface area contributed by atoms with Crippen LogP contribution in [0.4, 0.5) is 0 Å². The van der Waals surface area contributed by atoms with Crippen molar-refractivity contribution < 1.29 is 19.1 Å². The average molecular weight is 188 g/mol. The number of Topliss-reactive ketones (excluding diaryl/α,β-unsaturated/α-hetero) is 1.